The van der Waals surface area contributed by atoms with Crippen molar-refractivity contribution in [3.05, 3.63) is 30.3 Å². The third-order valence-electron chi connectivity index (χ3n) is 5.96. The molecule has 0 amide bonds. The van der Waals surface area contributed by atoms with Crippen LogP contribution < -0.4 is 4.74 Å². The molecule has 1 atom stereocenters. The highest BCUT2D eigenvalue weighted by molar-refractivity contribution is 7.46. The molecule has 1 aromatic carbocycles. The minimum atomic E-state index is -4.43. The van der Waals surface area contributed by atoms with E-state index in [1.807, 2.05) is 30.3 Å². The molecule has 216 valence electrons. The summed E-state index contributed by atoms with van der Waals surface area (Å²) in [5.74, 6) is 0.867. The van der Waals surface area contributed by atoms with E-state index in [2.05, 4.69) is 11.4 Å². The third-order valence-corrected chi connectivity index (χ3v) is 6.48. The molecule has 0 radical (unpaired) electrons. The van der Waals surface area contributed by atoms with Gasteiger partial charge in [0.05, 0.1) is 46.2 Å². The molecule has 1 aromatic rings. The van der Waals surface area contributed by atoms with Gasteiger partial charge in [-0.2, -0.15) is 0 Å². The van der Waals surface area contributed by atoms with Gasteiger partial charge in [0.25, 0.3) is 0 Å². The van der Waals surface area contributed by atoms with Crippen molar-refractivity contribution in [3.8, 4) is 5.75 Å². The average Bonchev–Trinajstić information content (AvgIpc) is 2.87. The predicted octanol–water partition coefficient (Wildman–Crippen LogP) is 6.68. The normalized spacial score (nSPS) is 12.6. The number of para-hydroxylation sites is 1. The second-order valence-corrected chi connectivity index (χ2v) is 10.6. The van der Waals surface area contributed by atoms with E-state index in [0.717, 1.165) is 18.6 Å². The van der Waals surface area contributed by atoms with Gasteiger partial charge in [0, 0.05) is 0 Å². The Hall–Kier alpha value is -0.990. The van der Waals surface area contributed by atoms with Gasteiger partial charge in [0.15, 0.2) is 0 Å². The molecule has 0 aliphatic rings. The van der Waals surface area contributed by atoms with Gasteiger partial charge in [-0.25, -0.2) is 4.57 Å². The van der Waals surface area contributed by atoms with E-state index in [-0.39, 0.29) is 19.3 Å². The minimum Gasteiger partial charge on any atom is -0.488 e. The molecule has 0 saturated heterocycles. The number of phosphoric acid groups is 1. The molecular weight excluding hydrogens is 495 g/mol. The first-order chi connectivity index (χ1) is 18.0. The zero-order chi connectivity index (χ0) is 26.9. The fourth-order valence-electron chi connectivity index (χ4n) is 3.95. The standard InChI is InChI=1S/C28H51O8P/c1-2-3-4-5-6-7-8-9-10-11-12-14-19-28(36-27-17-15-13-16-18-27)26-34-23-22-32-20-21-33-24-25-35-37(29,30)31/h13,15-18,28H,2-12,14,19-26H2,1H3,(H2,29,30,31). The van der Waals surface area contributed by atoms with E-state index in [1.165, 1.54) is 70.6 Å². The van der Waals surface area contributed by atoms with E-state index >= 15 is 0 Å². The zero-order valence-corrected chi connectivity index (χ0v) is 23.8. The number of hydrogen-bond donors (Lipinski definition) is 2. The van der Waals surface area contributed by atoms with Crippen molar-refractivity contribution in [3.63, 3.8) is 0 Å². The Labute approximate surface area is 224 Å². The largest absolute Gasteiger partial charge is 0.488 e. The Morgan fingerprint density at radius 3 is 1.70 bits per heavy atom. The van der Waals surface area contributed by atoms with E-state index in [9.17, 15) is 4.57 Å². The Bertz CT molecular complexity index is 655. The van der Waals surface area contributed by atoms with E-state index in [1.54, 1.807) is 0 Å². The first-order valence-electron chi connectivity index (χ1n) is 14.2. The van der Waals surface area contributed by atoms with Gasteiger partial charge in [0.2, 0.25) is 0 Å². The van der Waals surface area contributed by atoms with Crippen LogP contribution in [-0.2, 0) is 23.3 Å². The van der Waals surface area contributed by atoms with Crippen molar-refractivity contribution in [2.45, 2.75) is 96.5 Å². The third kappa shape index (κ3) is 23.8. The number of benzene rings is 1. The van der Waals surface area contributed by atoms with Crippen molar-refractivity contribution >= 4 is 7.82 Å². The van der Waals surface area contributed by atoms with Crippen molar-refractivity contribution < 1.29 is 37.8 Å². The molecule has 2 N–H and O–H groups in total. The Kier molecular flexibility index (Phi) is 22.2. The van der Waals surface area contributed by atoms with Crippen LogP contribution in [0.1, 0.15) is 90.4 Å². The number of hydrogen-bond acceptors (Lipinski definition) is 6. The SMILES string of the molecule is CCCCCCCCCCCCCCC(COCCOCCOCCOP(=O)(O)O)Oc1ccccc1. The topological polar surface area (TPSA) is 104 Å². The lowest BCUT2D eigenvalue weighted by atomic mass is 10.0. The highest BCUT2D eigenvalue weighted by atomic mass is 31.2. The lowest BCUT2D eigenvalue weighted by Crippen LogP contribution is -2.24. The van der Waals surface area contributed by atoms with Crippen LogP contribution in [0, 0.1) is 0 Å². The molecule has 0 aromatic heterocycles. The van der Waals surface area contributed by atoms with Crippen LogP contribution in [0.15, 0.2) is 30.3 Å². The number of unbranched alkanes of at least 4 members (excludes halogenated alkanes) is 11. The molecule has 8 nitrogen and oxygen atoms in total. The first-order valence-corrected chi connectivity index (χ1v) is 15.7. The van der Waals surface area contributed by atoms with Gasteiger partial charge in [-0.1, -0.05) is 95.8 Å². The molecule has 0 fully saturated rings. The van der Waals surface area contributed by atoms with Gasteiger partial charge in [-0.3, -0.25) is 4.52 Å². The maximum Gasteiger partial charge on any atom is 0.469 e. The molecule has 37 heavy (non-hydrogen) atoms. The average molecular weight is 547 g/mol. The second-order valence-electron chi connectivity index (χ2n) is 9.35. The summed E-state index contributed by atoms with van der Waals surface area (Å²) in [6.07, 6.45) is 17.0. The molecule has 1 rings (SSSR count). The Balaban J connectivity index is 2.08. The van der Waals surface area contributed by atoms with Crippen LogP contribution in [0.2, 0.25) is 0 Å². The lowest BCUT2D eigenvalue weighted by molar-refractivity contribution is -0.00956. The molecule has 9 heteroatoms. The van der Waals surface area contributed by atoms with E-state index < -0.39 is 7.82 Å². The molecule has 0 bridgehead atoms. The van der Waals surface area contributed by atoms with Crippen molar-refractivity contribution in [1.29, 1.82) is 0 Å². The summed E-state index contributed by atoms with van der Waals surface area (Å²) in [4.78, 5) is 17.2. The van der Waals surface area contributed by atoms with E-state index in [0.29, 0.717) is 33.0 Å². The maximum absolute atomic E-state index is 10.5. The number of ether oxygens (including phenoxy) is 4. The monoisotopic (exact) mass is 546 g/mol. The summed E-state index contributed by atoms with van der Waals surface area (Å²) in [5, 5.41) is 0. The van der Waals surface area contributed by atoms with Gasteiger partial charge in [0.1, 0.15) is 11.9 Å². The van der Waals surface area contributed by atoms with Crippen LogP contribution in [0.4, 0.5) is 0 Å². The molecule has 0 heterocycles. The molecule has 0 aliphatic heterocycles. The summed E-state index contributed by atoms with van der Waals surface area (Å²) in [6.45, 7) is 4.34. The second kappa shape index (κ2) is 24.1. The van der Waals surface area contributed by atoms with Gasteiger partial charge >= 0.3 is 7.82 Å². The fourth-order valence-corrected chi connectivity index (χ4v) is 4.26. The van der Waals surface area contributed by atoms with Crippen LogP contribution in [0.5, 0.6) is 5.75 Å². The fraction of sp³-hybridized carbons (Fsp3) is 0.786. The number of phosphoric ester groups is 1. The summed E-state index contributed by atoms with van der Waals surface area (Å²) in [5.41, 5.74) is 0. The van der Waals surface area contributed by atoms with Crippen molar-refractivity contribution in [1.82, 2.24) is 0 Å². The van der Waals surface area contributed by atoms with Crippen LogP contribution in [0.3, 0.4) is 0 Å². The molecular formula is C28H51O8P. The lowest BCUT2D eigenvalue weighted by Gasteiger charge is -2.19. The minimum absolute atomic E-state index is 0.0166. The van der Waals surface area contributed by atoms with Crippen molar-refractivity contribution in [2.75, 3.05) is 46.2 Å². The molecule has 1 unspecified atom stereocenters. The first kappa shape index (κ1) is 34.0. The van der Waals surface area contributed by atoms with Crippen LogP contribution in [0.25, 0.3) is 0 Å². The zero-order valence-electron chi connectivity index (χ0n) is 22.9. The molecule has 0 spiro atoms. The summed E-state index contributed by atoms with van der Waals surface area (Å²) in [7, 11) is -4.43. The summed E-state index contributed by atoms with van der Waals surface area (Å²) >= 11 is 0. The quantitative estimate of drug-likeness (QED) is 0.0930. The van der Waals surface area contributed by atoms with Crippen molar-refractivity contribution in [2.24, 2.45) is 0 Å². The molecule has 0 saturated carbocycles. The Morgan fingerprint density at radius 1 is 0.676 bits per heavy atom. The van der Waals surface area contributed by atoms with E-state index in [4.69, 9.17) is 28.7 Å². The number of rotatable bonds is 27. The van der Waals surface area contributed by atoms with Gasteiger partial charge in [-0.05, 0) is 25.0 Å². The van der Waals surface area contributed by atoms with Gasteiger partial charge < -0.3 is 28.7 Å². The molecule has 0 aliphatic carbocycles. The highest BCUT2D eigenvalue weighted by Crippen LogP contribution is 2.35. The summed E-state index contributed by atoms with van der Waals surface area (Å²) < 4.78 is 37.5. The maximum atomic E-state index is 10.5. The summed E-state index contributed by atoms with van der Waals surface area (Å²) in [6, 6.07) is 9.89. The van der Waals surface area contributed by atoms with Crippen LogP contribution in [-0.4, -0.2) is 62.1 Å². The highest BCUT2D eigenvalue weighted by Gasteiger charge is 2.13. The smallest absolute Gasteiger partial charge is 0.469 e. The van der Waals surface area contributed by atoms with Crippen LogP contribution >= 0.6 is 7.82 Å². The predicted molar refractivity (Wildman–Crippen MR) is 147 cm³/mol. The Morgan fingerprint density at radius 2 is 1.16 bits per heavy atom. The van der Waals surface area contributed by atoms with Gasteiger partial charge in [-0.15, -0.1) is 0 Å².